The number of hydrogen-bond acceptors (Lipinski definition) is 6. The molecule has 1 aliphatic heterocycles. The average Bonchev–Trinajstić information content (AvgIpc) is 2.71. The molecule has 2 aromatic rings. The number of carbonyl (C=O) groups is 2. The van der Waals surface area contributed by atoms with Gasteiger partial charge in [0.2, 0.25) is 11.8 Å². The van der Waals surface area contributed by atoms with Gasteiger partial charge in [-0.2, -0.15) is 13.8 Å². The molecule has 1 aliphatic rings. The summed E-state index contributed by atoms with van der Waals surface area (Å²) in [5.74, 6) is 0.186. The predicted molar refractivity (Wildman–Crippen MR) is 112 cm³/mol. The third-order valence-electron chi connectivity index (χ3n) is 4.63. The zero-order valence-electron chi connectivity index (χ0n) is 18.1. The van der Waals surface area contributed by atoms with Crippen molar-refractivity contribution in [1.82, 2.24) is 10.3 Å². The summed E-state index contributed by atoms with van der Waals surface area (Å²) in [4.78, 5) is 30.8. The molecule has 1 unspecified atom stereocenters. The summed E-state index contributed by atoms with van der Waals surface area (Å²) in [6.07, 6.45) is -3.31. The van der Waals surface area contributed by atoms with Crippen LogP contribution in [0.3, 0.4) is 0 Å². The third-order valence-corrected chi connectivity index (χ3v) is 4.63. The predicted octanol–water partition coefficient (Wildman–Crippen LogP) is 3.25. The lowest BCUT2D eigenvalue weighted by molar-refractivity contribution is -0.158. The minimum atomic E-state index is -3.31. The Morgan fingerprint density at radius 1 is 1.31 bits per heavy atom. The molecule has 0 radical (unpaired) electrons. The van der Waals surface area contributed by atoms with Crippen molar-refractivity contribution in [2.45, 2.75) is 26.0 Å². The van der Waals surface area contributed by atoms with Crippen LogP contribution in [0.4, 0.5) is 25.1 Å². The number of methoxy groups -OCH3 is 2. The monoisotopic (exact) mass is 450 g/mol. The third kappa shape index (κ3) is 5.41. The number of nitrogens with one attached hydrogen (secondary N) is 2. The number of aromatic nitrogens is 1. The normalized spacial score (nSPS) is 14.3. The standard InChI is InChI=1S/C21H24F2N4O5/c1-12-9-15-18(26-19(12)31-4)27(10-17(28)24-15)20(29)25-16(11-30-3)13-5-7-14(8-6-13)32-21(2,22)23/h5-9,16H,10-11H2,1-4H3,(H,24,28)(H,25,29). The Bertz CT molecular complexity index is 995. The Kier molecular flexibility index (Phi) is 6.78. The number of benzene rings is 1. The summed E-state index contributed by atoms with van der Waals surface area (Å²) < 4.78 is 41.1. The summed E-state index contributed by atoms with van der Waals surface area (Å²) in [6, 6.07) is 6.32. The van der Waals surface area contributed by atoms with E-state index in [-0.39, 0.29) is 30.6 Å². The molecule has 0 bridgehead atoms. The number of carbonyl (C=O) groups excluding carboxylic acids is 2. The van der Waals surface area contributed by atoms with E-state index in [0.717, 1.165) is 0 Å². The molecule has 0 saturated carbocycles. The number of alkyl halides is 2. The second-order valence-corrected chi connectivity index (χ2v) is 7.26. The molecule has 0 saturated heterocycles. The van der Waals surface area contributed by atoms with Gasteiger partial charge in [-0.1, -0.05) is 12.1 Å². The van der Waals surface area contributed by atoms with Gasteiger partial charge in [0, 0.05) is 19.6 Å². The summed E-state index contributed by atoms with van der Waals surface area (Å²) in [5, 5.41) is 5.49. The fraction of sp³-hybridized carbons (Fsp3) is 0.381. The van der Waals surface area contributed by atoms with Gasteiger partial charge >= 0.3 is 12.1 Å². The Labute approximate surface area is 183 Å². The van der Waals surface area contributed by atoms with Gasteiger partial charge in [-0.15, -0.1) is 0 Å². The number of fused-ring (bicyclic) bond motifs is 1. The van der Waals surface area contributed by atoms with Crippen LogP contribution in [-0.2, 0) is 9.53 Å². The lowest BCUT2D eigenvalue weighted by Gasteiger charge is -2.30. The number of rotatable bonds is 7. The molecular formula is C21H24F2N4O5. The molecule has 1 aromatic carbocycles. The Balaban J connectivity index is 1.83. The van der Waals surface area contributed by atoms with Gasteiger partial charge < -0.3 is 24.8 Å². The number of hydrogen-bond donors (Lipinski definition) is 2. The van der Waals surface area contributed by atoms with Gasteiger partial charge in [0.05, 0.1) is 25.4 Å². The van der Waals surface area contributed by atoms with Crippen LogP contribution >= 0.6 is 0 Å². The Morgan fingerprint density at radius 3 is 2.59 bits per heavy atom. The maximum Gasteiger partial charge on any atom is 0.394 e. The first-order valence-corrected chi connectivity index (χ1v) is 9.70. The quantitative estimate of drug-likeness (QED) is 0.672. The molecule has 3 amide bonds. The van der Waals surface area contributed by atoms with E-state index in [0.29, 0.717) is 29.6 Å². The van der Waals surface area contributed by atoms with Crippen LogP contribution in [0.25, 0.3) is 0 Å². The highest BCUT2D eigenvalue weighted by molar-refractivity contribution is 6.08. The first kappa shape index (κ1) is 23.2. The van der Waals surface area contributed by atoms with Crippen LogP contribution in [-0.4, -0.2) is 50.4 Å². The summed E-state index contributed by atoms with van der Waals surface area (Å²) >= 11 is 0. The van der Waals surface area contributed by atoms with Gasteiger partial charge in [0.15, 0.2) is 5.82 Å². The van der Waals surface area contributed by atoms with Crippen LogP contribution < -0.4 is 25.0 Å². The molecule has 1 aromatic heterocycles. The lowest BCUT2D eigenvalue weighted by atomic mass is 10.1. The largest absolute Gasteiger partial charge is 0.481 e. The summed E-state index contributed by atoms with van der Waals surface area (Å²) in [6.45, 7) is 2.28. The van der Waals surface area contributed by atoms with E-state index in [2.05, 4.69) is 20.4 Å². The number of ether oxygens (including phenoxy) is 3. The maximum absolute atomic E-state index is 13.1. The molecular weight excluding hydrogens is 426 g/mol. The van der Waals surface area contributed by atoms with Gasteiger partial charge in [-0.3, -0.25) is 9.69 Å². The van der Waals surface area contributed by atoms with Gasteiger partial charge in [-0.25, -0.2) is 4.79 Å². The van der Waals surface area contributed by atoms with Crippen molar-refractivity contribution in [3.63, 3.8) is 0 Å². The number of urea groups is 1. The first-order valence-electron chi connectivity index (χ1n) is 9.70. The van der Waals surface area contributed by atoms with Crippen molar-refractivity contribution in [3.8, 4) is 11.6 Å². The van der Waals surface area contributed by atoms with E-state index in [4.69, 9.17) is 9.47 Å². The van der Waals surface area contributed by atoms with Crippen molar-refractivity contribution < 1.29 is 32.6 Å². The van der Waals surface area contributed by atoms with E-state index < -0.39 is 18.2 Å². The van der Waals surface area contributed by atoms with Crippen molar-refractivity contribution in [2.75, 3.05) is 37.6 Å². The second-order valence-electron chi connectivity index (χ2n) is 7.26. The summed E-state index contributed by atoms with van der Waals surface area (Å²) in [7, 11) is 2.93. The SMILES string of the molecule is COCC(NC(=O)N1CC(=O)Nc2cc(C)c(OC)nc21)c1ccc(OC(C)(F)F)cc1. The number of anilines is 2. The van der Waals surface area contributed by atoms with Crippen molar-refractivity contribution in [3.05, 3.63) is 41.5 Å². The number of nitrogens with zero attached hydrogens (tertiary/aromatic N) is 2. The smallest absolute Gasteiger partial charge is 0.394 e. The number of pyridine rings is 1. The summed E-state index contributed by atoms with van der Waals surface area (Å²) in [5.41, 5.74) is 1.69. The second kappa shape index (κ2) is 9.35. The molecule has 0 aliphatic carbocycles. The van der Waals surface area contributed by atoms with Crippen LogP contribution in [0.2, 0.25) is 0 Å². The van der Waals surface area contributed by atoms with Crippen molar-refractivity contribution >= 4 is 23.4 Å². The molecule has 0 fully saturated rings. The minimum absolute atomic E-state index is 0.0166. The molecule has 11 heteroatoms. The minimum Gasteiger partial charge on any atom is -0.481 e. The zero-order chi connectivity index (χ0) is 23.5. The molecule has 32 heavy (non-hydrogen) atoms. The van der Waals surface area contributed by atoms with E-state index in [9.17, 15) is 18.4 Å². The van der Waals surface area contributed by atoms with Crippen molar-refractivity contribution in [1.29, 1.82) is 0 Å². The fourth-order valence-electron chi connectivity index (χ4n) is 3.26. The van der Waals surface area contributed by atoms with E-state index in [1.807, 2.05) is 0 Å². The highest BCUT2D eigenvalue weighted by Crippen LogP contribution is 2.32. The van der Waals surface area contributed by atoms with Gasteiger partial charge in [0.25, 0.3) is 0 Å². The highest BCUT2D eigenvalue weighted by Gasteiger charge is 2.31. The van der Waals surface area contributed by atoms with Crippen molar-refractivity contribution in [2.24, 2.45) is 0 Å². The number of amides is 3. The van der Waals surface area contributed by atoms with Crippen LogP contribution in [0.5, 0.6) is 11.6 Å². The van der Waals surface area contributed by atoms with E-state index in [1.165, 1.54) is 31.3 Å². The molecule has 9 nitrogen and oxygen atoms in total. The molecule has 1 atom stereocenters. The Hall–Kier alpha value is -3.47. The molecule has 2 heterocycles. The van der Waals surface area contributed by atoms with Crippen LogP contribution in [0, 0.1) is 6.92 Å². The fourth-order valence-corrected chi connectivity index (χ4v) is 3.26. The molecule has 3 rings (SSSR count). The van der Waals surface area contributed by atoms with Crippen LogP contribution in [0.1, 0.15) is 24.1 Å². The lowest BCUT2D eigenvalue weighted by Crippen LogP contribution is -2.49. The number of aryl methyl sites for hydroxylation is 1. The van der Waals surface area contributed by atoms with Crippen LogP contribution in [0.15, 0.2) is 30.3 Å². The molecule has 172 valence electrons. The topological polar surface area (TPSA) is 102 Å². The first-order chi connectivity index (χ1) is 15.1. The molecule has 2 N–H and O–H groups in total. The molecule has 0 spiro atoms. The van der Waals surface area contributed by atoms with E-state index >= 15 is 0 Å². The van der Waals surface area contributed by atoms with Gasteiger partial charge in [-0.05, 0) is 30.7 Å². The van der Waals surface area contributed by atoms with E-state index in [1.54, 1.807) is 25.1 Å². The Morgan fingerprint density at radius 2 is 2.00 bits per heavy atom. The number of halogens is 2. The average molecular weight is 450 g/mol. The highest BCUT2D eigenvalue weighted by atomic mass is 19.3. The van der Waals surface area contributed by atoms with Gasteiger partial charge in [0.1, 0.15) is 12.3 Å². The maximum atomic E-state index is 13.1. The zero-order valence-corrected chi connectivity index (χ0v) is 18.1.